The fourth-order valence-electron chi connectivity index (χ4n) is 4.14. The molecule has 4 rings (SSSR count). The first-order valence-electron chi connectivity index (χ1n) is 10.1. The molecule has 2 aliphatic heterocycles. The topological polar surface area (TPSA) is 75.9 Å². The van der Waals surface area contributed by atoms with E-state index in [0.29, 0.717) is 24.6 Å². The van der Waals surface area contributed by atoms with E-state index in [0.717, 1.165) is 44.8 Å². The summed E-state index contributed by atoms with van der Waals surface area (Å²) in [5.41, 5.74) is 1.81. The number of amides is 1. The molecule has 2 aromatic carbocycles. The maximum absolute atomic E-state index is 12.7. The molecule has 160 valence electrons. The van der Waals surface area contributed by atoms with Gasteiger partial charge < -0.3 is 9.64 Å². The molecule has 2 aliphatic rings. The molecule has 1 unspecified atom stereocenters. The van der Waals surface area contributed by atoms with E-state index in [-0.39, 0.29) is 24.0 Å². The highest BCUT2D eigenvalue weighted by atomic mass is 35.5. The van der Waals surface area contributed by atoms with E-state index in [4.69, 9.17) is 4.74 Å². The Hall–Kier alpha value is -2.64. The normalized spacial score (nSPS) is 18.7. The zero-order valence-electron chi connectivity index (χ0n) is 16.7. The predicted molar refractivity (Wildman–Crippen MR) is 117 cm³/mol. The van der Waals surface area contributed by atoms with Gasteiger partial charge >= 0.3 is 0 Å². The zero-order valence-corrected chi connectivity index (χ0v) is 17.6. The van der Waals surface area contributed by atoms with Crippen LogP contribution in [-0.2, 0) is 0 Å². The molecule has 1 amide bonds. The highest BCUT2D eigenvalue weighted by Crippen LogP contribution is 2.35. The number of halogens is 1. The maximum atomic E-state index is 12.7. The molecule has 1 saturated heterocycles. The molecule has 1 atom stereocenters. The summed E-state index contributed by atoms with van der Waals surface area (Å²) >= 11 is 0. The highest BCUT2D eigenvalue weighted by molar-refractivity contribution is 5.94. The van der Waals surface area contributed by atoms with Crippen LogP contribution in [0.3, 0.4) is 0 Å². The van der Waals surface area contributed by atoms with Gasteiger partial charge in [0.05, 0.1) is 11.5 Å². The average molecular weight is 432 g/mol. The van der Waals surface area contributed by atoms with E-state index in [1.165, 1.54) is 29.8 Å². The molecule has 2 aromatic rings. The van der Waals surface area contributed by atoms with Crippen molar-refractivity contribution in [3.05, 3.63) is 69.8 Å². The van der Waals surface area contributed by atoms with Crippen molar-refractivity contribution in [1.82, 2.24) is 9.80 Å². The molecule has 0 aliphatic carbocycles. The summed E-state index contributed by atoms with van der Waals surface area (Å²) in [7, 11) is 0. The lowest BCUT2D eigenvalue weighted by Gasteiger charge is -2.36. The number of carbonyl (C=O) groups excluding carboxylic acids is 1. The van der Waals surface area contributed by atoms with Gasteiger partial charge in [-0.1, -0.05) is 18.2 Å². The van der Waals surface area contributed by atoms with E-state index in [1.807, 2.05) is 17.0 Å². The van der Waals surface area contributed by atoms with Crippen LogP contribution in [0.5, 0.6) is 5.75 Å². The molecule has 2 heterocycles. The summed E-state index contributed by atoms with van der Waals surface area (Å²) in [5.74, 6) is 1.49. The van der Waals surface area contributed by atoms with Crippen LogP contribution in [0.4, 0.5) is 5.69 Å². The van der Waals surface area contributed by atoms with Crippen molar-refractivity contribution in [2.45, 2.75) is 18.8 Å². The van der Waals surface area contributed by atoms with Crippen LogP contribution in [0.2, 0.25) is 0 Å². The van der Waals surface area contributed by atoms with E-state index < -0.39 is 4.92 Å². The van der Waals surface area contributed by atoms with Crippen LogP contribution in [0.1, 0.15) is 34.7 Å². The quantitative estimate of drug-likeness (QED) is 0.532. The van der Waals surface area contributed by atoms with Crippen LogP contribution >= 0.6 is 12.4 Å². The first-order chi connectivity index (χ1) is 14.1. The van der Waals surface area contributed by atoms with Gasteiger partial charge in [0.1, 0.15) is 5.75 Å². The predicted octanol–water partition coefficient (Wildman–Crippen LogP) is 3.73. The second-order valence-electron chi connectivity index (χ2n) is 7.60. The Morgan fingerprint density at radius 1 is 1.07 bits per heavy atom. The number of non-ortho nitro benzene ring substituents is 1. The number of nitro groups is 1. The number of benzene rings is 2. The SMILES string of the molecule is Cl.O=C(c1ccc([N+](=O)[O-])cc1)N1CCN(CCC2CCOc3ccccc32)CC1. The lowest BCUT2D eigenvalue weighted by Crippen LogP contribution is -2.49. The molecule has 1 fully saturated rings. The van der Waals surface area contributed by atoms with E-state index in [1.54, 1.807) is 0 Å². The molecule has 30 heavy (non-hydrogen) atoms. The molecule has 0 N–H and O–H groups in total. The van der Waals surface area contributed by atoms with Gasteiger partial charge in [-0.15, -0.1) is 12.4 Å². The van der Waals surface area contributed by atoms with Crippen molar-refractivity contribution in [3.8, 4) is 5.75 Å². The Morgan fingerprint density at radius 3 is 2.47 bits per heavy atom. The van der Waals surface area contributed by atoms with Gasteiger partial charge in [0.2, 0.25) is 0 Å². The number of fused-ring (bicyclic) bond motifs is 1. The largest absolute Gasteiger partial charge is 0.493 e. The van der Waals surface area contributed by atoms with Crippen molar-refractivity contribution < 1.29 is 14.5 Å². The molecule has 0 aromatic heterocycles. The average Bonchev–Trinajstić information content (AvgIpc) is 2.77. The van der Waals surface area contributed by atoms with Gasteiger partial charge in [-0.05, 0) is 49.1 Å². The zero-order chi connectivity index (χ0) is 20.2. The van der Waals surface area contributed by atoms with Crippen molar-refractivity contribution in [3.63, 3.8) is 0 Å². The van der Waals surface area contributed by atoms with E-state index >= 15 is 0 Å². The smallest absolute Gasteiger partial charge is 0.269 e. The molecule has 0 radical (unpaired) electrons. The van der Waals surface area contributed by atoms with Gasteiger partial charge in [0.25, 0.3) is 11.6 Å². The van der Waals surface area contributed by atoms with E-state index in [9.17, 15) is 14.9 Å². The summed E-state index contributed by atoms with van der Waals surface area (Å²) in [4.78, 5) is 27.2. The van der Waals surface area contributed by atoms with Crippen molar-refractivity contribution in [1.29, 1.82) is 0 Å². The second kappa shape index (κ2) is 9.91. The Kier molecular flexibility index (Phi) is 7.29. The standard InChI is InChI=1S/C22H25N3O4.ClH/c26-22(18-5-7-19(8-6-18)25(27)28)24-14-12-23(13-15-24)11-9-17-10-16-29-21-4-2-1-3-20(17)21;/h1-8,17H,9-16H2;1H. The van der Waals surface area contributed by atoms with E-state index in [2.05, 4.69) is 17.0 Å². The number of nitro benzene ring substituents is 1. The van der Waals surface area contributed by atoms with Crippen molar-refractivity contribution >= 4 is 24.0 Å². The van der Waals surface area contributed by atoms with Crippen molar-refractivity contribution in [2.75, 3.05) is 39.3 Å². The first-order valence-corrected chi connectivity index (χ1v) is 10.1. The minimum atomic E-state index is -0.454. The lowest BCUT2D eigenvalue weighted by molar-refractivity contribution is -0.384. The molecule has 8 heteroatoms. The van der Waals surface area contributed by atoms with Gasteiger partial charge in [0.15, 0.2) is 0 Å². The molecule has 7 nitrogen and oxygen atoms in total. The fourth-order valence-corrected chi connectivity index (χ4v) is 4.14. The number of hydrogen-bond donors (Lipinski definition) is 0. The minimum Gasteiger partial charge on any atom is -0.493 e. The number of piperazine rings is 1. The number of nitrogens with zero attached hydrogens (tertiary/aromatic N) is 3. The van der Waals surface area contributed by atoms with Crippen molar-refractivity contribution in [2.24, 2.45) is 0 Å². The molecular formula is C22H26ClN3O4. The third-order valence-electron chi connectivity index (χ3n) is 5.86. The van der Waals surface area contributed by atoms with Gasteiger partial charge in [0, 0.05) is 43.9 Å². The molecular weight excluding hydrogens is 406 g/mol. The molecule has 0 saturated carbocycles. The number of ether oxygens (including phenoxy) is 1. The first kappa shape index (κ1) is 22.1. The number of hydrogen-bond acceptors (Lipinski definition) is 5. The molecule has 0 bridgehead atoms. The third-order valence-corrected chi connectivity index (χ3v) is 5.86. The Bertz CT molecular complexity index is 882. The van der Waals surface area contributed by atoms with Crippen LogP contribution in [0.25, 0.3) is 0 Å². The summed E-state index contributed by atoms with van der Waals surface area (Å²) in [6.07, 6.45) is 2.15. The molecule has 0 spiro atoms. The Balaban J connectivity index is 0.00000256. The third kappa shape index (κ3) is 4.91. The van der Waals surface area contributed by atoms with Gasteiger partial charge in [-0.3, -0.25) is 19.8 Å². The number of rotatable bonds is 5. The van der Waals surface area contributed by atoms with Crippen LogP contribution in [-0.4, -0.2) is 60.0 Å². The van der Waals surface area contributed by atoms with Crippen LogP contribution < -0.4 is 4.74 Å². The summed E-state index contributed by atoms with van der Waals surface area (Å²) in [6.45, 7) is 4.85. The fraction of sp³-hybridized carbons (Fsp3) is 0.409. The number of para-hydroxylation sites is 1. The highest BCUT2D eigenvalue weighted by Gasteiger charge is 2.25. The summed E-state index contributed by atoms with van der Waals surface area (Å²) < 4.78 is 5.75. The van der Waals surface area contributed by atoms with Crippen LogP contribution in [0, 0.1) is 10.1 Å². The van der Waals surface area contributed by atoms with Crippen LogP contribution in [0.15, 0.2) is 48.5 Å². The Labute approximate surface area is 182 Å². The van der Waals surface area contributed by atoms with Gasteiger partial charge in [-0.25, -0.2) is 0 Å². The number of carbonyl (C=O) groups is 1. The second-order valence-corrected chi connectivity index (χ2v) is 7.60. The Morgan fingerprint density at radius 2 is 1.77 bits per heavy atom. The maximum Gasteiger partial charge on any atom is 0.269 e. The lowest BCUT2D eigenvalue weighted by atomic mass is 9.90. The summed E-state index contributed by atoms with van der Waals surface area (Å²) in [6, 6.07) is 14.1. The minimum absolute atomic E-state index is 0. The summed E-state index contributed by atoms with van der Waals surface area (Å²) in [5, 5.41) is 10.8. The van der Waals surface area contributed by atoms with Gasteiger partial charge in [-0.2, -0.15) is 0 Å². The monoisotopic (exact) mass is 431 g/mol.